The number of nitrogens with zero attached hydrogens (tertiary/aromatic N) is 3. The highest BCUT2D eigenvalue weighted by molar-refractivity contribution is 5.83. The Labute approximate surface area is 134 Å². The van der Waals surface area contributed by atoms with Crippen molar-refractivity contribution in [2.75, 3.05) is 0 Å². The molecule has 0 radical (unpaired) electrons. The smallest absolute Gasteiger partial charge is 0.101 e. The minimum atomic E-state index is 0.925. The van der Waals surface area contributed by atoms with Crippen LogP contribution in [0.3, 0.4) is 0 Å². The Morgan fingerprint density at radius 1 is 1.18 bits per heavy atom. The van der Waals surface area contributed by atoms with Gasteiger partial charge in [-0.05, 0) is 36.5 Å². The van der Waals surface area contributed by atoms with Crippen LogP contribution in [0, 0.1) is 6.92 Å². The maximum Gasteiger partial charge on any atom is 0.101 e. The molecule has 0 saturated heterocycles. The van der Waals surface area contributed by atoms with E-state index >= 15 is 0 Å². The molecule has 1 aromatic heterocycles. The fraction of sp³-hybridized carbons (Fsp3) is 0.474. The average Bonchev–Trinajstić information content (AvgIpc) is 2.98. The van der Waals surface area contributed by atoms with Crippen LogP contribution >= 0.6 is 0 Å². The molecule has 0 bridgehead atoms. The van der Waals surface area contributed by atoms with Crippen molar-refractivity contribution in [1.29, 1.82) is 0 Å². The lowest BCUT2D eigenvalue weighted by Gasteiger charge is -2.02. The van der Waals surface area contributed by atoms with E-state index in [1.165, 1.54) is 42.4 Å². The zero-order valence-corrected chi connectivity index (χ0v) is 14.0. The minimum Gasteiger partial charge on any atom is -0.271 e. The summed E-state index contributed by atoms with van der Waals surface area (Å²) in [5.74, 6) is 0. The molecule has 0 spiro atoms. The first-order valence-corrected chi connectivity index (χ1v) is 8.39. The van der Waals surface area contributed by atoms with Crippen LogP contribution in [-0.2, 0) is 13.0 Å². The van der Waals surface area contributed by atoms with E-state index in [-0.39, 0.29) is 0 Å². The second kappa shape index (κ2) is 8.52. The fourth-order valence-electron chi connectivity index (χ4n) is 2.49. The van der Waals surface area contributed by atoms with Crippen molar-refractivity contribution < 1.29 is 0 Å². The molecule has 0 atom stereocenters. The highest BCUT2D eigenvalue weighted by Crippen LogP contribution is 2.14. The summed E-state index contributed by atoms with van der Waals surface area (Å²) in [6.07, 6.45) is 11.9. The van der Waals surface area contributed by atoms with Gasteiger partial charge in [0.1, 0.15) is 5.69 Å². The van der Waals surface area contributed by atoms with Gasteiger partial charge in [-0.15, -0.1) is 0 Å². The first-order chi connectivity index (χ1) is 10.7. The molecule has 118 valence electrons. The number of rotatable bonds is 8. The summed E-state index contributed by atoms with van der Waals surface area (Å²) in [5, 5.41) is 4.38. The summed E-state index contributed by atoms with van der Waals surface area (Å²) in [4.78, 5) is 4.55. The monoisotopic (exact) mass is 297 g/mol. The SMILES string of the molecule is CCCCCCn1cc(N=Cc2ccc(CC)cc2C)cn1. The average molecular weight is 297 g/mol. The number of unbranched alkanes of at least 4 members (excludes halogenated alkanes) is 3. The summed E-state index contributed by atoms with van der Waals surface area (Å²) < 4.78 is 2.00. The van der Waals surface area contributed by atoms with Gasteiger partial charge in [-0.25, -0.2) is 0 Å². The Morgan fingerprint density at radius 2 is 2.05 bits per heavy atom. The van der Waals surface area contributed by atoms with E-state index in [1.807, 2.05) is 23.3 Å². The largest absolute Gasteiger partial charge is 0.271 e. The van der Waals surface area contributed by atoms with E-state index < -0.39 is 0 Å². The van der Waals surface area contributed by atoms with Crippen molar-refractivity contribution in [2.24, 2.45) is 4.99 Å². The molecule has 2 rings (SSSR count). The van der Waals surface area contributed by atoms with E-state index in [4.69, 9.17) is 0 Å². The van der Waals surface area contributed by atoms with Gasteiger partial charge in [0.25, 0.3) is 0 Å². The van der Waals surface area contributed by atoms with Gasteiger partial charge in [-0.2, -0.15) is 5.10 Å². The van der Waals surface area contributed by atoms with Crippen LogP contribution < -0.4 is 0 Å². The maximum atomic E-state index is 4.55. The lowest BCUT2D eigenvalue weighted by atomic mass is 10.0. The summed E-state index contributed by atoms with van der Waals surface area (Å²) >= 11 is 0. The maximum absolute atomic E-state index is 4.55. The van der Waals surface area contributed by atoms with Gasteiger partial charge in [0.15, 0.2) is 0 Å². The van der Waals surface area contributed by atoms with E-state index in [0.717, 1.165) is 18.7 Å². The van der Waals surface area contributed by atoms with Gasteiger partial charge in [-0.3, -0.25) is 9.67 Å². The van der Waals surface area contributed by atoms with Gasteiger partial charge in [0.05, 0.1) is 12.4 Å². The van der Waals surface area contributed by atoms with Gasteiger partial charge in [0.2, 0.25) is 0 Å². The van der Waals surface area contributed by atoms with Gasteiger partial charge >= 0.3 is 0 Å². The molecule has 0 saturated carbocycles. The van der Waals surface area contributed by atoms with Crippen molar-refractivity contribution in [3.05, 3.63) is 47.3 Å². The molecule has 2 aromatic rings. The molecule has 0 fully saturated rings. The van der Waals surface area contributed by atoms with Crippen LogP contribution in [0.1, 0.15) is 56.2 Å². The molecule has 3 heteroatoms. The van der Waals surface area contributed by atoms with E-state index in [9.17, 15) is 0 Å². The molecular weight excluding hydrogens is 270 g/mol. The van der Waals surface area contributed by atoms with Crippen LogP contribution in [0.2, 0.25) is 0 Å². The molecule has 1 heterocycles. The Hall–Kier alpha value is -1.90. The third kappa shape index (κ3) is 4.83. The van der Waals surface area contributed by atoms with Gasteiger partial charge < -0.3 is 0 Å². The second-order valence-corrected chi connectivity index (χ2v) is 5.82. The third-order valence-corrected chi connectivity index (χ3v) is 3.96. The number of aliphatic imine (C=N–C) groups is 1. The van der Waals surface area contributed by atoms with Crippen LogP contribution in [0.25, 0.3) is 0 Å². The number of benzene rings is 1. The normalized spacial score (nSPS) is 11.4. The first kappa shape index (κ1) is 16.5. The van der Waals surface area contributed by atoms with Gasteiger partial charge in [-0.1, -0.05) is 51.3 Å². The van der Waals surface area contributed by atoms with Crippen LogP contribution in [0.15, 0.2) is 35.6 Å². The lowest BCUT2D eigenvalue weighted by molar-refractivity contribution is 0.541. The van der Waals surface area contributed by atoms with E-state index in [2.05, 4.69) is 49.1 Å². The van der Waals surface area contributed by atoms with Crippen molar-refractivity contribution in [3.8, 4) is 0 Å². The Balaban J connectivity index is 1.94. The molecular formula is C19H27N3. The minimum absolute atomic E-state index is 0.925. The van der Waals surface area contributed by atoms with Crippen LogP contribution in [0.5, 0.6) is 0 Å². The van der Waals surface area contributed by atoms with Crippen LogP contribution in [0.4, 0.5) is 5.69 Å². The highest BCUT2D eigenvalue weighted by atomic mass is 15.3. The zero-order chi connectivity index (χ0) is 15.8. The lowest BCUT2D eigenvalue weighted by Crippen LogP contribution is -1.97. The predicted molar refractivity (Wildman–Crippen MR) is 94.2 cm³/mol. The molecule has 0 aliphatic rings. The Bertz CT molecular complexity index is 611. The van der Waals surface area contributed by atoms with E-state index in [0.29, 0.717) is 0 Å². The third-order valence-electron chi connectivity index (χ3n) is 3.96. The zero-order valence-electron chi connectivity index (χ0n) is 14.0. The number of hydrogen-bond donors (Lipinski definition) is 0. The topological polar surface area (TPSA) is 30.2 Å². The summed E-state index contributed by atoms with van der Waals surface area (Å²) in [6, 6.07) is 6.55. The Morgan fingerprint density at radius 3 is 2.77 bits per heavy atom. The van der Waals surface area contributed by atoms with Crippen molar-refractivity contribution in [3.63, 3.8) is 0 Å². The van der Waals surface area contributed by atoms with Crippen LogP contribution in [-0.4, -0.2) is 16.0 Å². The standard InChI is InChI=1S/C19H27N3/c1-4-6-7-8-11-22-15-19(14-21-22)20-13-18-10-9-17(5-2)12-16(18)3/h9-10,12-15H,4-8,11H2,1-3H3. The number of aromatic nitrogens is 2. The predicted octanol–water partition coefficient (Wildman–Crippen LogP) is 5.08. The number of aryl methyl sites for hydroxylation is 3. The molecule has 0 aliphatic heterocycles. The van der Waals surface area contributed by atoms with Crippen molar-refractivity contribution in [2.45, 2.75) is 59.4 Å². The fourth-order valence-corrected chi connectivity index (χ4v) is 2.49. The molecule has 0 unspecified atom stereocenters. The molecule has 0 N–H and O–H groups in total. The van der Waals surface area contributed by atoms with E-state index in [1.54, 1.807) is 0 Å². The molecule has 0 aliphatic carbocycles. The number of hydrogen-bond acceptors (Lipinski definition) is 2. The quantitative estimate of drug-likeness (QED) is 0.493. The summed E-state index contributed by atoms with van der Waals surface area (Å²) in [5.41, 5.74) is 4.74. The molecule has 3 nitrogen and oxygen atoms in total. The molecule has 22 heavy (non-hydrogen) atoms. The molecule has 0 amide bonds. The first-order valence-electron chi connectivity index (χ1n) is 8.39. The van der Waals surface area contributed by atoms with Gasteiger partial charge in [0, 0.05) is 12.8 Å². The Kier molecular flexibility index (Phi) is 6.38. The molecule has 1 aromatic carbocycles. The highest BCUT2D eigenvalue weighted by Gasteiger charge is 1.99. The van der Waals surface area contributed by atoms with Crippen molar-refractivity contribution in [1.82, 2.24) is 9.78 Å². The summed E-state index contributed by atoms with van der Waals surface area (Å²) in [6.45, 7) is 7.53. The summed E-state index contributed by atoms with van der Waals surface area (Å²) in [7, 11) is 0. The second-order valence-electron chi connectivity index (χ2n) is 5.82. The van der Waals surface area contributed by atoms with Crippen molar-refractivity contribution >= 4 is 11.9 Å².